The van der Waals surface area contributed by atoms with E-state index in [1.54, 1.807) is 13.0 Å². The molecule has 1 aromatic carbocycles. The number of hydrogen-bond acceptors (Lipinski definition) is 3. The first-order chi connectivity index (χ1) is 9.00. The number of carboxylic acid groups (broad SMARTS) is 1. The molecule has 2 rings (SSSR count). The van der Waals surface area contributed by atoms with Crippen LogP contribution in [0.1, 0.15) is 44.2 Å². The number of benzene rings is 1. The lowest BCUT2D eigenvalue weighted by Gasteiger charge is -2.17. The van der Waals surface area contributed by atoms with Gasteiger partial charge < -0.3 is 5.11 Å². The highest BCUT2D eigenvalue weighted by atomic mass is 16.7. The molecule has 1 aromatic rings. The standard InChI is InChI=1S/C15H19NO3/c1-4-15(14(17)18)9-13(16-19-15)12-8-6-5-7-11(12)10(2)3/h5-10,16H,4H2,1-3H3,(H,17,18). The first-order valence-electron chi connectivity index (χ1n) is 6.49. The highest BCUT2D eigenvalue weighted by Gasteiger charge is 2.41. The number of rotatable bonds is 4. The third kappa shape index (κ3) is 2.36. The number of hydroxylamine groups is 1. The van der Waals surface area contributed by atoms with Crippen molar-refractivity contribution in [1.82, 2.24) is 5.48 Å². The molecule has 19 heavy (non-hydrogen) atoms. The third-order valence-electron chi connectivity index (χ3n) is 3.48. The molecule has 4 nitrogen and oxygen atoms in total. The molecule has 1 aliphatic heterocycles. The quantitative estimate of drug-likeness (QED) is 0.875. The molecular weight excluding hydrogens is 242 g/mol. The number of nitrogens with one attached hydrogen (secondary N) is 1. The van der Waals surface area contributed by atoms with Gasteiger partial charge in [-0.2, -0.15) is 0 Å². The summed E-state index contributed by atoms with van der Waals surface area (Å²) in [4.78, 5) is 16.7. The number of carboxylic acids is 1. The normalized spacial score (nSPS) is 22.2. The molecule has 1 unspecified atom stereocenters. The van der Waals surface area contributed by atoms with Crippen molar-refractivity contribution in [2.75, 3.05) is 0 Å². The summed E-state index contributed by atoms with van der Waals surface area (Å²) in [5, 5.41) is 9.30. The number of hydrogen-bond donors (Lipinski definition) is 2. The van der Waals surface area contributed by atoms with Gasteiger partial charge in [-0.1, -0.05) is 45.0 Å². The van der Waals surface area contributed by atoms with Gasteiger partial charge in [0, 0.05) is 5.56 Å². The van der Waals surface area contributed by atoms with Crippen LogP contribution in [0.5, 0.6) is 0 Å². The summed E-state index contributed by atoms with van der Waals surface area (Å²) in [5.74, 6) is -0.611. The zero-order valence-corrected chi connectivity index (χ0v) is 11.4. The minimum Gasteiger partial charge on any atom is -0.479 e. The van der Waals surface area contributed by atoms with Crippen LogP contribution in [-0.2, 0) is 9.63 Å². The Kier molecular flexibility index (Phi) is 3.62. The average molecular weight is 261 g/mol. The number of carbonyl (C=O) groups is 1. The van der Waals surface area contributed by atoms with Crippen LogP contribution in [0.4, 0.5) is 0 Å². The molecule has 0 spiro atoms. The second kappa shape index (κ2) is 5.05. The maximum absolute atomic E-state index is 11.3. The van der Waals surface area contributed by atoms with Crippen LogP contribution in [-0.4, -0.2) is 16.7 Å². The molecule has 0 fully saturated rings. The number of aliphatic carboxylic acids is 1. The van der Waals surface area contributed by atoms with Gasteiger partial charge >= 0.3 is 5.97 Å². The molecule has 1 atom stereocenters. The van der Waals surface area contributed by atoms with Crippen LogP contribution in [0.15, 0.2) is 30.3 Å². The van der Waals surface area contributed by atoms with Crippen LogP contribution in [0.3, 0.4) is 0 Å². The van der Waals surface area contributed by atoms with Gasteiger partial charge in [-0.05, 0) is 24.0 Å². The predicted octanol–water partition coefficient (Wildman–Crippen LogP) is 2.92. The lowest BCUT2D eigenvalue weighted by molar-refractivity contribution is -0.162. The molecule has 4 heteroatoms. The van der Waals surface area contributed by atoms with Crippen molar-refractivity contribution in [2.24, 2.45) is 0 Å². The summed E-state index contributed by atoms with van der Waals surface area (Å²) in [6, 6.07) is 7.95. The monoisotopic (exact) mass is 261 g/mol. The summed E-state index contributed by atoms with van der Waals surface area (Å²) >= 11 is 0. The molecule has 0 saturated carbocycles. The van der Waals surface area contributed by atoms with Gasteiger partial charge in [0.15, 0.2) is 0 Å². The molecule has 2 N–H and O–H groups in total. The van der Waals surface area contributed by atoms with Crippen molar-refractivity contribution < 1.29 is 14.7 Å². The average Bonchev–Trinajstić information content (AvgIpc) is 2.84. The van der Waals surface area contributed by atoms with Crippen molar-refractivity contribution in [3.8, 4) is 0 Å². The van der Waals surface area contributed by atoms with E-state index < -0.39 is 11.6 Å². The fourth-order valence-electron chi connectivity index (χ4n) is 2.25. The fraction of sp³-hybridized carbons (Fsp3) is 0.400. The van der Waals surface area contributed by atoms with Crippen molar-refractivity contribution in [3.05, 3.63) is 41.5 Å². The van der Waals surface area contributed by atoms with Gasteiger partial charge in [-0.15, -0.1) is 0 Å². The van der Waals surface area contributed by atoms with Crippen molar-refractivity contribution >= 4 is 11.7 Å². The van der Waals surface area contributed by atoms with E-state index in [2.05, 4.69) is 25.4 Å². The van der Waals surface area contributed by atoms with Gasteiger partial charge in [0.2, 0.25) is 5.60 Å². The summed E-state index contributed by atoms with van der Waals surface area (Å²) in [6.07, 6.45) is 2.04. The molecule has 0 aliphatic carbocycles. The minimum absolute atomic E-state index is 0.361. The Balaban J connectivity index is 2.44. The van der Waals surface area contributed by atoms with Gasteiger partial charge in [-0.3, -0.25) is 10.3 Å². The highest BCUT2D eigenvalue weighted by molar-refractivity contribution is 5.85. The summed E-state index contributed by atoms with van der Waals surface area (Å²) in [5.41, 5.74) is 4.40. The Labute approximate surface area is 113 Å². The molecule has 1 heterocycles. The lowest BCUT2D eigenvalue weighted by Crippen LogP contribution is -2.38. The molecular formula is C15H19NO3. The van der Waals surface area contributed by atoms with E-state index in [1.807, 2.05) is 18.2 Å². The molecule has 1 aliphatic rings. The lowest BCUT2D eigenvalue weighted by atomic mass is 9.93. The van der Waals surface area contributed by atoms with Gasteiger partial charge in [-0.25, -0.2) is 4.79 Å². The largest absolute Gasteiger partial charge is 0.479 e. The van der Waals surface area contributed by atoms with E-state index in [9.17, 15) is 9.90 Å². The van der Waals surface area contributed by atoms with E-state index in [0.717, 1.165) is 11.3 Å². The van der Waals surface area contributed by atoms with Crippen LogP contribution >= 0.6 is 0 Å². The first-order valence-corrected chi connectivity index (χ1v) is 6.49. The third-order valence-corrected chi connectivity index (χ3v) is 3.48. The molecule has 0 bridgehead atoms. The van der Waals surface area contributed by atoms with Gasteiger partial charge in [0.1, 0.15) is 0 Å². The Bertz CT molecular complexity index is 522. The molecule has 0 aromatic heterocycles. The Morgan fingerprint density at radius 1 is 1.42 bits per heavy atom. The minimum atomic E-state index is -1.26. The zero-order chi connectivity index (χ0) is 14.0. The Hall–Kier alpha value is -1.81. The highest BCUT2D eigenvalue weighted by Crippen LogP contribution is 2.32. The van der Waals surface area contributed by atoms with Crippen LogP contribution in [0.25, 0.3) is 5.70 Å². The molecule has 0 amide bonds. The first kappa shape index (κ1) is 13.6. The summed E-state index contributed by atoms with van der Waals surface area (Å²) in [7, 11) is 0. The van der Waals surface area contributed by atoms with Gasteiger partial charge in [0.25, 0.3) is 0 Å². The summed E-state index contributed by atoms with van der Waals surface area (Å²) < 4.78 is 0. The van der Waals surface area contributed by atoms with Crippen molar-refractivity contribution in [1.29, 1.82) is 0 Å². The second-order valence-corrected chi connectivity index (χ2v) is 5.05. The van der Waals surface area contributed by atoms with Crippen LogP contribution in [0, 0.1) is 0 Å². The fourth-order valence-corrected chi connectivity index (χ4v) is 2.25. The Morgan fingerprint density at radius 2 is 2.11 bits per heavy atom. The van der Waals surface area contributed by atoms with Crippen LogP contribution < -0.4 is 5.48 Å². The van der Waals surface area contributed by atoms with Crippen molar-refractivity contribution in [2.45, 2.75) is 38.7 Å². The summed E-state index contributed by atoms with van der Waals surface area (Å²) in [6.45, 7) is 6.02. The topological polar surface area (TPSA) is 58.6 Å². The maximum atomic E-state index is 11.3. The smallest absolute Gasteiger partial charge is 0.342 e. The predicted molar refractivity (Wildman–Crippen MR) is 73.4 cm³/mol. The van der Waals surface area contributed by atoms with E-state index in [0.29, 0.717) is 12.3 Å². The van der Waals surface area contributed by atoms with E-state index >= 15 is 0 Å². The SMILES string of the molecule is CCC1(C(=O)O)C=C(c2ccccc2C(C)C)NO1. The van der Waals surface area contributed by atoms with Crippen LogP contribution in [0.2, 0.25) is 0 Å². The molecule has 102 valence electrons. The maximum Gasteiger partial charge on any atom is 0.342 e. The van der Waals surface area contributed by atoms with Crippen molar-refractivity contribution in [3.63, 3.8) is 0 Å². The van der Waals surface area contributed by atoms with E-state index in [-0.39, 0.29) is 0 Å². The zero-order valence-electron chi connectivity index (χ0n) is 11.4. The van der Waals surface area contributed by atoms with Gasteiger partial charge in [0.05, 0.1) is 5.70 Å². The molecule has 0 radical (unpaired) electrons. The molecule has 0 saturated heterocycles. The Morgan fingerprint density at radius 3 is 2.63 bits per heavy atom. The van der Waals surface area contributed by atoms with E-state index in [1.165, 1.54) is 5.56 Å². The van der Waals surface area contributed by atoms with E-state index in [4.69, 9.17) is 4.84 Å². The second-order valence-electron chi connectivity index (χ2n) is 5.05.